The fraction of sp³-hybridized carbons (Fsp3) is 0.277. The van der Waals surface area contributed by atoms with Crippen molar-refractivity contribution in [2.75, 3.05) is 16.5 Å². The Hall–Kier alpha value is -7.11. The van der Waals surface area contributed by atoms with E-state index in [1.54, 1.807) is 0 Å². The first-order chi connectivity index (χ1) is 33.5. The first-order valence-corrected chi connectivity index (χ1v) is 25.4. The Kier molecular flexibility index (Phi) is 12.0. The van der Waals surface area contributed by atoms with E-state index in [0.29, 0.717) is 12.6 Å². The molecule has 9 aromatic rings. The van der Waals surface area contributed by atoms with Gasteiger partial charge in [-0.05, 0) is 146 Å². The van der Waals surface area contributed by atoms with Crippen LogP contribution in [-0.4, -0.2) is 16.2 Å². The highest BCUT2D eigenvalue weighted by Gasteiger charge is 2.33. The van der Waals surface area contributed by atoms with Crippen molar-refractivity contribution < 1.29 is 4.74 Å². The Morgan fingerprint density at radius 2 is 1.19 bits per heavy atom. The molecule has 354 valence electrons. The number of nitrogens with zero attached hydrogens (tertiary/aromatic N) is 4. The monoisotopic (exact) mass is 921 g/mol. The van der Waals surface area contributed by atoms with Crippen LogP contribution in [0.5, 0.6) is 11.5 Å². The van der Waals surface area contributed by atoms with Gasteiger partial charge in [0.25, 0.3) is 0 Å². The van der Waals surface area contributed by atoms with Crippen molar-refractivity contribution in [3.8, 4) is 39.6 Å². The van der Waals surface area contributed by atoms with Crippen molar-refractivity contribution in [3.63, 3.8) is 0 Å². The second-order valence-corrected chi connectivity index (χ2v) is 22.1. The molecule has 0 aliphatic carbocycles. The normalized spacial score (nSPS) is 13.2. The highest BCUT2D eigenvalue weighted by Crippen LogP contribution is 2.50. The van der Waals surface area contributed by atoms with E-state index in [9.17, 15) is 0 Å². The summed E-state index contributed by atoms with van der Waals surface area (Å²) in [6.07, 6.45) is 4.06. The maximum atomic E-state index is 7.15. The Morgan fingerprint density at radius 1 is 0.514 bits per heavy atom. The molecular formula is C65H68N4O. The van der Waals surface area contributed by atoms with Crippen LogP contribution in [0, 0.1) is 0 Å². The summed E-state index contributed by atoms with van der Waals surface area (Å²) in [5, 5.41) is 2.34. The van der Waals surface area contributed by atoms with Crippen LogP contribution < -0.4 is 14.5 Å². The van der Waals surface area contributed by atoms with Crippen molar-refractivity contribution in [1.29, 1.82) is 0 Å². The average molecular weight is 921 g/mol. The lowest BCUT2D eigenvalue weighted by molar-refractivity contribution is 0.439. The molecule has 0 saturated carbocycles. The summed E-state index contributed by atoms with van der Waals surface area (Å²) in [5.74, 6) is 2.78. The molecule has 0 N–H and O–H groups in total. The average Bonchev–Trinajstić information content (AvgIpc) is 3.91. The largest absolute Gasteiger partial charge is 0.457 e. The Morgan fingerprint density at radius 3 is 1.93 bits per heavy atom. The van der Waals surface area contributed by atoms with E-state index in [4.69, 9.17) is 9.72 Å². The molecule has 0 spiro atoms. The smallest absolute Gasteiger partial charge is 0.137 e. The number of anilines is 4. The molecule has 0 bridgehead atoms. The maximum Gasteiger partial charge on any atom is 0.137 e. The predicted octanol–water partition coefficient (Wildman–Crippen LogP) is 18.3. The van der Waals surface area contributed by atoms with E-state index in [1.807, 2.05) is 6.20 Å². The molecule has 7 aromatic carbocycles. The van der Waals surface area contributed by atoms with E-state index in [-0.39, 0.29) is 16.2 Å². The van der Waals surface area contributed by atoms with Crippen molar-refractivity contribution in [2.45, 2.75) is 111 Å². The fourth-order valence-electron chi connectivity index (χ4n) is 10.4. The van der Waals surface area contributed by atoms with Crippen molar-refractivity contribution in [2.24, 2.45) is 0 Å². The van der Waals surface area contributed by atoms with Crippen LogP contribution in [0.2, 0.25) is 0 Å². The molecule has 0 radical (unpaired) electrons. The summed E-state index contributed by atoms with van der Waals surface area (Å²) in [5.41, 5.74) is 16.8. The van der Waals surface area contributed by atoms with Crippen LogP contribution >= 0.6 is 0 Å². The van der Waals surface area contributed by atoms with Gasteiger partial charge >= 0.3 is 0 Å². The summed E-state index contributed by atoms with van der Waals surface area (Å²) in [6.45, 7) is 26.0. The van der Waals surface area contributed by atoms with Gasteiger partial charge < -0.3 is 14.5 Å². The molecule has 3 heterocycles. The molecule has 10 rings (SSSR count). The van der Waals surface area contributed by atoms with E-state index >= 15 is 0 Å². The number of hydrogen-bond donors (Lipinski definition) is 0. The van der Waals surface area contributed by atoms with E-state index in [2.05, 4.69) is 254 Å². The maximum absolute atomic E-state index is 7.15. The molecule has 2 aromatic heterocycles. The number of para-hydroxylation sites is 1. The molecule has 5 heteroatoms. The van der Waals surface area contributed by atoms with Gasteiger partial charge in [-0.25, -0.2) is 4.98 Å². The van der Waals surface area contributed by atoms with Gasteiger partial charge in [0.05, 0.1) is 22.4 Å². The zero-order valence-corrected chi connectivity index (χ0v) is 43.1. The number of benzene rings is 7. The van der Waals surface area contributed by atoms with Crippen LogP contribution in [0.25, 0.3) is 49.9 Å². The number of aromatic nitrogens is 2. The van der Waals surface area contributed by atoms with Gasteiger partial charge in [-0.2, -0.15) is 0 Å². The molecule has 1 aliphatic heterocycles. The molecule has 0 atom stereocenters. The SMILES string of the molecule is CCC(C)(CC)c1ccc2c(c1)N(c1cc(-c3ccccc3)cc(C(C)(C)C)c1)CN2c1cc(Oc2ccc3c4ccccc4n(-c4cc(C(C)(C)C)ccn4)c3c2)cc(-c2ccccc2C(C)C)c1. The third kappa shape index (κ3) is 8.65. The zero-order chi connectivity index (χ0) is 49.1. The van der Waals surface area contributed by atoms with Crippen LogP contribution in [0.15, 0.2) is 170 Å². The Bertz CT molecular complexity index is 3380. The second kappa shape index (κ2) is 18.0. The predicted molar refractivity (Wildman–Crippen MR) is 297 cm³/mol. The molecule has 0 unspecified atom stereocenters. The molecule has 0 fully saturated rings. The molecule has 70 heavy (non-hydrogen) atoms. The fourth-order valence-corrected chi connectivity index (χ4v) is 10.4. The third-order valence-electron chi connectivity index (χ3n) is 15.1. The number of fused-ring (bicyclic) bond motifs is 4. The van der Waals surface area contributed by atoms with E-state index < -0.39 is 0 Å². The van der Waals surface area contributed by atoms with Crippen LogP contribution in [0.3, 0.4) is 0 Å². The molecule has 0 amide bonds. The van der Waals surface area contributed by atoms with Gasteiger partial charge in [0.2, 0.25) is 0 Å². The summed E-state index contributed by atoms with van der Waals surface area (Å²) in [7, 11) is 0. The van der Waals surface area contributed by atoms with Gasteiger partial charge in [-0.1, -0.05) is 161 Å². The summed E-state index contributed by atoms with van der Waals surface area (Å²) < 4.78 is 9.44. The highest BCUT2D eigenvalue weighted by atomic mass is 16.5. The first kappa shape index (κ1) is 46.6. The van der Waals surface area contributed by atoms with Gasteiger partial charge in [0.15, 0.2) is 0 Å². The van der Waals surface area contributed by atoms with E-state index in [0.717, 1.165) is 57.8 Å². The van der Waals surface area contributed by atoms with Gasteiger partial charge in [0.1, 0.15) is 24.0 Å². The standard InChI is InChI=1S/C65H68N4O/c1-12-65(11,13-2)48-27-30-59-61(38-48)68(50-34-45(44-21-15-14-16-22-44)33-49(37-50)64(8,9)10)42-67(59)51-35-46(55-24-18-17-23-54(55)43(3)4)36-53(40-51)70-52-28-29-57-56-25-19-20-26-58(56)69(60(57)41-52)62-39-47(31-32-66-62)63(5,6)7/h14-41,43H,12-13,42H2,1-11H3. The molecule has 1 aliphatic rings. The summed E-state index contributed by atoms with van der Waals surface area (Å²) in [6, 6.07) is 60.4. The topological polar surface area (TPSA) is 33.5 Å². The minimum Gasteiger partial charge on any atom is -0.457 e. The zero-order valence-electron chi connectivity index (χ0n) is 43.1. The quantitative estimate of drug-likeness (QED) is 0.129. The lowest BCUT2D eigenvalue weighted by Gasteiger charge is -2.29. The van der Waals surface area contributed by atoms with Gasteiger partial charge in [-0.3, -0.25) is 4.57 Å². The lowest BCUT2D eigenvalue weighted by atomic mass is 9.77. The third-order valence-corrected chi connectivity index (χ3v) is 15.1. The van der Waals surface area contributed by atoms with Gasteiger partial charge in [0, 0.05) is 40.5 Å². The van der Waals surface area contributed by atoms with Crippen LogP contribution in [0.4, 0.5) is 22.7 Å². The minimum atomic E-state index is -0.0542. The number of ether oxygens (including phenoxy) is 1. The molecule has 0 saturated heterocycles. The minimum absolute atomic E-state index is 0.0238. The van der Waals surface area contributed by atoms with Crippen LogP contribution in [0.1, 0.15) is 117 Å². The lowest BCUT2D eigenvalue weighted by Crippen LogP contribution is -2.24. The summed E-state index contributed by atoms with van der Waals surface area (Å²) in [4.78, 5) is 9.99. The second-order valence-electron chi connectivity index (χ2n) is 22.1. The summed E-state index contributed by atoms with van der Waals surface area (Å²) >= 11 is 0. The first-order valence-electron chi connectivity index (χ1n) is 25.4. The number of rotatable bonds is 11. The van der Waals surface area contributed by atoms with Crippen molar-refractivity contribution in [3.05, 3.63) is 192 Å². The number of hydrogen-bond acceptors (Lipinski definition) is 4. The Labute approximate surface area is 416 Å². The Balaban J connectivity index is 1.14. The molecule has 5 nitrogen and oxygen atoms in total. The van der Waals surface area contributed by atoms with Crippen molar-refractivity contribution in [1.82, 2.24) is 9.55 Å². The molecular weight excluding hydrogens is 853 g/mol. The number of pyridine rings is 1. The van der Waals surface area contributed by atoms with Crippen LogP contribution in [-0.2, 0) is 16.2 Å². The highest BCUT2D eigenvalue weighted by molar-refractivity contribution is 6.09. The van der Waals surface area contributed by atoms with Gasteiger partial charge in [-0.15, -0.1) is 0 Å². The van der Waals surface area contributed by atoms with E-state index in [1.165, 1.54) is 61.4 Å². The van der Waals surface area contributed by atoms with Crippen molar-refractivity contribution >= 4 is 44.6 Å².